The van der Waals surface area contributed by atoms with E-state index in [4.69, 9.17) is 33.5 Å². The fourth-order valence-electron chi connectivity index (χ4n) is 5.25. The van der Waals surface area contributed by atoms with Crippen molar-refractivity contribution >= 4 is 23.6 Å². The summed E-state index contributed by atoms with van der Waals surface area (Å²) in [5, 5.41) is 11.1. The van der Waals surface area contributed by atoms with E-state index in [1.807, 2.05) is 127 Å². The van der Waals surface area contributed by atoms with Crippen LogP contribution in [0, 0.1) is 0 Å². The second-order valence-corrected chi connectivity index (χ2v) is 13.5. The van der Waals surface area contributed by atoms with Crippen LogP contribution in [0.2, 0.25) is 0 Å². The lowest BCUT2D eigenvalue weighted by Gasteiger charge is -2.19. The molecule has 0 aliphatic carbocycles. The van der Waals surface area contributed by atoms with Crippen molar-refractivity contribution in [1.82, 2.24) is 10.2 Å². The molecule has 7 rings (SSSR count). The molecule has 0 bridgehead atoms. The number of nitrogens with zero attached hydrogens (tertiary/aromatic N) is 1. The van der Waals surface area contributed by atoms with Crippen molar-refractivity contribution in [2.24, 2.45) is 0 Å². The van der Waals surface area contributed by atoms with Crippen LogP contribution in [-0.2, 0) is 78.8 Å². The average molecular weight is 853 g/mol. The Morgan fingerprint density at radius 3 is 1.18 bits per heavy atom. The molecule has 14 heteroatoms. The summed E-state index contributed by atoms with van der Waals surface area (Å²) in [5.74, 6) is -1.26. The Morgan fingerprint density at radius 1 is 0.500 bits per heavy atom. The van der Waals surface area contributed by atoms with E-state index in [2.05, 4.69) is 4.74 Å². The van der Waals surface area contributed by atoms with Gasteiger partial charge in [0.2, 0.25) is 0 Å². The lowest BCUT2D eigenvalue weighted by molar-refractivity contribution is -0.166. The number of epoxide rings is 1. The van der Waals surface area contributed by atoms with Crippen molar-refractivity contribution in [3.05, 3.63) is 168 Å². The van der Waals surface area contributed by atoms with Crippen LogP contribution < -0.4 is 5.32 Å². The van der Waals surface area contributed by atoms with Gasteiger partial charge in [0.25, 0.3) is 23.6 Å². The molecule has 0 unspecified atom stereocenters. The minimum absolute atomic E-state index is 0.0498. The number of carbonyl (C=O) groups is 4. The maximum atomic E-state index is 11.5. The molecule has 4 amide bonds. The number of ether oxygens (including phenoxy) is 7. The molecule has 0 aromatic heterocycles. The molecule has 3 aliphatic heterocycles. The van der Waals surface area contributed by atoms with Crippen molar-refractivity contribution < 1.29 is 57.4 Å². The molecule has 4 aromatic rings. The maximum Gasteiger partial charge on any atom is 0.253 e. The van der Waals surface area contributed by atoms with Gasteiger partial charge in [-0.3, -0.25) is 29.4 Å². The summed E-state index contributed by atoms with van der Waals surface area (Å²) in [6, 6.07) is 39.8. The van der Waals surface area contributed by atoms with Gasteiger partial charge in [-0.25, -0.2) is 0 Å². The minimum Gasteiger partial charge on any atom is -0.396 e. The summed E-state index contributed by atoms with van der Waals surface area (Å²) in [5.41, 5.74) is 4.36. The van der Waals surface area contributed by atoms with Crippen molar-refractivity contribution in [2.45, 2.75) is 51.8 Å². The molecule has 4 aromatic carbocycles. The molecule has 1 saturated heterocycles. The zero-order chi connectivity index (χ0) is 43.9. The van der Waals surface area contributed by atoms with E-state index in [1.165, 1.54) is 24.3 Å². The number of benzene rings is 4. The summed E-state index contributed by atoms with van der Waals surface area (Å²) < 4.78 is 38.9. The first-order valence-corrected chi connectivity index (χ1v) is 20.4. The molecule has 3 aliphatic rings. The molecular formula is C48H56N2O12. The molecule has 2 N–H and O–H groups in total. The Morgan fingerprint density at radius 2 is 0.855 bits per heavy atom. The van der Waals surface area contributed by atoms with Crippen LogP contribution in [0.3, 0.4) is 0 Å². The zero-order valence-electron chi connectivity index (χ0n) is 34.8. The first kappa shape index (κ1) is 49.0. The van der Waals surface area contributed by atoms with Gasteiger partial charge in [-0.15, -0.1) is 0 Å². The molecule has 14 nitrogen and oxygen atoms in total. The number of amides is 4. The van der Waals surface area contributed by atoms with E-state index in [9.17, 15) is 19.2 Å². The molecular weight excluding hydrogens is 797 g/mol. The van der Waals surface area contributed by atoms with Crippen molar-refractivity contribution in [3.8, 4) is 0 Å². The van der Waals surface area contributed by atoms with E-state index >= 15 is 0 Å². The maximum absolute atomic E-state index is 11.5. The second kappa shape index (κ2) is 30.4. The summed E-state index contributed by atoms with van der Waals surface area (Å²) in [4.78, 5) is 44.1. The first-order chi connectivity index (χ1) is 30.4. The highest BCUT2D eigenvalue weighted by Crippen LogP contribution is 2.13. The van der Waals surface area contributed by atoms with Crippen LogP contribution in [0.25, 0.3) is 0 Å². The van der Waals surface area contributed by atoms with Gasteiger partial charge in [-0.2, -0.15) is 0 Å². The van der Waals surface area contributed by atoms with Crippen LogP contribution >= 0.6 is 0 Å². The van der Waals surface area contributed by atoms with Gasteiger partial charge < -0.3 is 38.3 Å². The summed E-state index contributed by atoms with van der Waals surface area (Å²) in [7, 11) is 0. The zero-order valence-corrected chi connectivity index (χ0v) is 34.8. The molecule has 0 saturated carbocycles. The van der Waals surface area contributed by atoms with Gasteiger partial charge in [0.1, 0.15) is 0 Å². The van der Waals surface area contributed by atoms with Crippen molar-refractivity contribution in [1.29, 1.82) is 0 Å². The van der Waals surface area contributed by atoms with E-state index in [0.29, 0.717) is 59.1 Å². The van der Waals surface area contributed by atoms with E-state index in [-0.39, 0.29) is 49.7 Å². The average Bonchev–Trinajstić information content (AvgIpc) is 4.10. The lowest BCUT2D eigenvalue weighted by Crippen LogP contribution is -2.33. The van der Waals surface area contributed by atoms with E-state index in [0.717, 1.165) is 40.4 Å². The Balaban J connectivity index is 0.000000235. The number of hydrogen-bond acceptors (Lipinski definition) is 12. The van der Waals surface area contributed by atoms with Gasteiger partial charge in [0, 0.05) is 43.8 Å². The monoisotopic (exact) mass is 852 g/mol. The molecule has 0 spiro atoms. The molecule has 0 radical (unpaired) electrons. The van der Waals surface area contributed by atoms with Crippen molar-refractivity contribution in [2.75, 3.05) is 52.8 Å². The van der Waals surface area contributed by atoms with E-state index < -0.39 is 6.29 Å². The third-order valence-electron chi connectivity index (χ3n) is 8.55. The van der Waals surface area contributed by atoms with Crippen LogP contribution in [0.15, 0.2) is 146 Å². The van der Waals surface area contributed by atoms with Crippen LogP contribution in [0.5, 0.6) is 0 Å². The van der Waals surface area contributed by atoms with Crippen LogP contribution in [-0.4, -0.2) is 99.0 Å². The fourth-order valence-corrected chi connectivity index (χ4v) is 5.25. The topological polar surface area (TPSA) is 172 Å². The highest BCUT2D eigenvalue weighted by Gasteiger charge is 2.22. The van der Waals surface area contributed by atoms with Gasteiger partial charge in [-0.1, -0.05) is 121 Å². The molecule has 3 heterocycles. The van der Waals surface area contributed by atoms with E-state index in [1.54, 1.807) is 0 Å². The fraction of sp³-hybridized carbons (Fsp3) is 0.333. The quantitative estimate of drug-likeness (QED) is 0.0420. The second-order valence-electron chi connectivity index (χ2n) is 13.5. The van der Waals surface area contributed by atoms with Gasteiger partial charge in [0.15, 0.2) is 12.6 Å². The van der Waals surface area contributed by atoms with Gasteiger partial charge in [0.05, 0.1) is 72.6 Å². The Kier molecular flexibility index (Phi) is 24.0. The van der Waals surface area contributed by atoms with Crippen LogP contribution in [0.4, 0.5) is 0 Å². The third-order valence-corrected chi connectivity index (χ3v) is 8.55. The Hall–Kier alpha value is -5.68. The number of nitrogens with one attached hydrogen (secondary N) is 1. The number of hydrogen-bond donors (Lipinski definition) is 2. The SMILES string of the molecule is C1CO1.O=C1C=CC(=O)N1.O=C1C=CC(=O)N1CCOCCOCCC(OCc1ccccc1)OCc1ccccc1.OCCC(OCc1ccccc1)OCc1ccccc1. The van der Waals surface area contributed by atoms with Gasteiger partial charge in [-0.05, 0) is 22.3 Å². The molecule has 62 heavy (non-hydrogen) atoms. The van der Waals surface area contributed by atoms with Gasteiger partial charge >= 0.3 is 0 Å². The summed E-state index contributed by atoms with van der Waals surface area (Å²) >= 11 is 0. The summed E-state index contributed by atoms with van der Waals surface area (Å²) in [6.07, 6.45) is 5.20. The highest BCUT2D eigenvalue weighted by atomic mass is 16.7. The molecule has 0 atom stereocenters. The first-order valence-electron chi connectivity index (χ1n) is 20.4. The number of rotatable bonds is 23. The standard InChI is InChI=1S/C25H29NO6.C17H20O3.C4H3NO2.C2H4O/c27-23-11-12-24(28)26(23)14-16-30-18-17-29-15-13-25(31-19-21-7-3-1-4-8-21)32-20-22-9-5-2-6-10-22;18-12-11-17(19-13-15-7-3-1-4-8-15)20-14-16-9-5-2-6-10-16;6-3-1-2-4(7)5-3;1-2-3-1/h1-12,25H,13-20H2;1-10,17-18H,11-14H2;1-2H,(H,5,6,7);1-2H2. The predicted molar refractivity (Wildman–Crippen MR) is 229 cm³/mol. The summed E-state index contributed by atoms with van der Waals surface area (Å²) in [6.45, 7) is 5.73. The number of imide groups is 2. The number of aliphatic hydroxyl groups is 1. The minimum atomic E-state index is -0.393. The predicted octanol–water partition coefficient (Wildman–Crippen LogP) is 5.44. The normalized spacial score (nSPS) is 13.6. The highest BCUT2D eigenvalue weighted by molar-refractivity contribution is 6.13. The van der Waals surface area contributed by atoms with Crippen LogP contribution in [0.1, 0.15) is 35.1 Å². The third kappa shape index (κ3) is 22.2. The largest absolute Gasteiger partial charge is 0.396 e. The van der Waals surface area contributed by atoms with Crippen molar-refractivity contribution in [3.63, 3.8) is 0 Å². The smallest absolute Gasteiger partial charge is 0.253 e. The molecule has 330 valence electrons. The lowest BCUT2D eigenvalue weighted by atomic mass is 10.2. The number of carbonyl (C=O) groups excluding carboxylic acids is 4. The molecule has 1 fully saturated rings. The Bertz CT molecular complexity index is 1790. The number of aliphatic hydroxyl groups excluding tert-OH is 1. The Labute approximate surface area is 363 Å².